The Morgan fingerprint density at radius 1 is 1.48 bits per heavy atom. The highest BCUT2D eigenvalue weighted by Crippen LogP contribution is 2.37. The van der Waals surface area contributed by atoms with Crippen LogP contribution in [0.25, 0.3) is 0 Å². The fraction of sp³-hybridized carbons (Fsp3) is 0.438. The normalized spacial score (nSPS) is 21.3. The van der Waals surface area contributed by atoms with E-state index in [2.05, 4.69) is 26.8 Å². The third kappa shape index (κ3) is 4.22. The van der Waals surface area contributed by atoms with Crippen molar-refractivity contribution in [1.82, 2.24) is 25.4 Å². The van der Waals surface area contributed by atoms with Crippen LogP contribution in [0.2, 0.25) is 5.02 Å². The molecule has 0 spiro atoms. The standard InChI is InChI=1S/C16H20ClN5O/c1-11(8-22-10-18-9-19-22)20-16(23)21-15-6-13(7-15)12-3-2-4-14(17)5-12/h2-5,9-11,13,15H,6-8H2,1H3,(H2,20,21,23)/t11-,13?,15?/m0/s1. The predicted molar refractivity (Wildman–Crippen MR) is 88.4 cm³/mol. The molecule has 1 aromatic carbocycles. The van der Waals surface area contributed by atoms with E-state index < -0.39 is 0 Å². The molecule has 1 heterocycles. The minimum Gasteiger partial charge on any atom is -0.335 e. The van der Waals surface area contributed by atoms with Crippen LogP contribution in [0.3, 0.4) is 0 Å². The van der Waals surface area contributed by atoms with Crippen LogP contribution in [0.15, 0.2) is 36.9 Å². The summed E-state index contributed by atoms with van der Waals surface area (Å²) >= 11 is 6.01. The van der Waals surface area contributed by atoms with Crippen LogP contribution in [-0.4, -0.2) is 32.9 Å². The lowest BCUT2D eigenvalue weighted by atomic mass is 9.76. The first-order chi connectivity index (χ1) is 11.1. The van der Waals surface area contributed by atoms with Crippen LogP contribution in [-0.2, 0) is 6.54 Å². The molecule has 1 aromatic heterocycles. The van der Waals surface area contributed by atoms with E-state index in [-0.39, 0.29) is 18.1 Å². The van der Waals surface area contributed by atoms with E-state index in [1.54, 1.807) is 11.0 Å². The second kappa shape index (κ2) is 7.00. The van der Waals surface area contributed by atoms with E-state index in [0.717, 1.165) is 17.9 Å². The van der Waals surface area contributed by atoms with Gasteiger partial charge in [0, 0.05) is 17.1 Å². The van der Waals surface area contributed by atoms with Gasteiger partial charge in [0.05, 0.1) is 6.54 Å². The molecule has 2 aromatic rings. The number of hydrogen-bond acceptors (Lipinski definition) is 3. The number of nitrogens with one attached hydrogen (secondary N) is 2. The molecular formula is C16H20ClN5O. The lowest BCUT2D eigenvalue weighted by Crippen LogP contribution is -2.50. The predicted octanol–water partition coefficient (Wildman–Crippen LogP) is 2.57. The number of amides is 2. The minimum atomic E-state index is -0.132. The summed E-state index contributed by atoms with van der Waals surface area (Å²) in [7, 11) is 0. The van der Waals surface area contributed by atoms with Crippen molar-refractivity contribution >= 4 is 17.6 Å². The van der Waals surface area contributed by atoms with Crippen LogP contribution < -0.4 is 10.6 Å². The largest absolute Gasteiger partial charge is 0.335 e. The first-order valence-corrected chi connectivity index (χ1v) is 8.13. The molecule has 0 aliphatic heterocycles. The van der Waals surface area contributed by atoms with Crippen LogP contribution in [0, 0.1) is 0 Å². The maximum absolute atomic E-state index is 12.0. The van der Waals surface area contributed by atoms with Gasteiger partial charge in [0.1, 0.15) is 12.7 Å². The SMILES string of the molecule is C[C@@H](Cn1cncn1)NC(=O)NC1CC(c2cccc(Cl)c2)C1. The van der Waals surface area contributed by atoms with Crippen LogP contribution in [0.5, 0.6) is 0 Å². The van der Waals surface area contributed by atoms with E-state index in [0.29, 0.717) is 12.5 Å². The van der Waals surface area contributed by atoms with Crippen molar-refractivity contribution in [2.75, 3.05) is 0 Å². The van der Waals surface area contributed by atoms with Gasteiger partial charge in [-0.15, -0.1) is 0 Å². The van der Waals surface area contributed by atoms with E-state index in [1.165, 1.54) is 11.9 Å². The van der Waals surface area contributed by atoms with Crippen molar-refractivity contribution in [2.24, 2.45) is 0 Å². The summed E-state index contributed by atoms with van der Waals surface area (Å²) in [5.41, 5.74) is 1.25. The summed E-state index contributed by atoms with van der Waals surface area (Å²) in [5.74, 6) is 0.478. The van der Waals surface area contributed by atoms with Crippen LogP contribution >= 0.6 is 11.6 Å². The molecule has 7 heteroatoms. The quantitative estimate of drug-likeness (QED) is 0.883. The Hall–Kier alpha value is -2.08. The van der Waals surface area contributed by atoms with Gasteiger partial charge in [-0.1, -0.05) is 23.7 Å². The molecule has 1 fully saturated rings. The van der Waals surface area contributed by atoms with Gasteiger partial charge >= 0.3 is 6.03 Å². The van der Waals surface area contributed by atoms with Crippen molar-refractivity contribution in [3.8, 4) is 0 Å². The lowest BCUT2D eigenvalue weighted by molar-refractivity contribution is 0.218. The zero-order valence-corrected chi connectivity index (χ0v) is 13.7. The molecule has 0 saturated heterocycles. The van der Waals surface area contributed by atoms with Crippen molar-refractivity contribution in [2.45, 2.75) is 44.3 Å². The Bertz CT molecular complexity index is 654. The summed E-state index contributed by atoms with van der Waals surface area (Å²) in [6.07, 6.45) is 5.02. The monoisotopic (exact) mass is 333 g/mol. The Morgan fingerprint density at radius 3 is 3.00 bits per heavy atom. The number of carbonyl (C=O) groups is 1. The summed E-state index contributed by atoms with van der Waals surface area (Å²) in [4.78, 5) is 15.9. The number of aromatic nitrogens is 3. The number of urea groups is 1. The molecule has 0 radical (unpaired) electrons. The average molecular weight is 334 g/mol. The number of hydrogen-bond donors (Lipinski definition) is 2. The maximum Gasteiger partial charge on any atom is 0.315 e. The zero-order chi connectivity index (χ0) is 16.2. The molecule has 1 saturated carbocycles. The fourth-order valence-corrected chi connectivity index (χ4v) is 3.07. The van der Waals surface area contributed by atoms with Crippen molar-refractivity contribution < 1.29 is 4.79 Å². The number of nitrogens with zero attached hydrogens (tertiary/aromatic N) is 3. The lowest BCUT2D eigenvalue weighted by Gasteiger charge is -2.36. The highest BCUT2D eigenvalue weighted by molar-refractivity contribution is 6.30. The van der Waals surface area contributed by atoms with Crippen molar-refractivity contribution in [3.63, 3.8) is 0 Å². The molecule has 2 N–H and O–H groups in total. The molecule has 122 valence electrons. The third-order valence-corrected chi connectivity index (χ3v) is 4.33. The Balaban J connectivity index is 1.40. The van der Waals surface area contributed by atoms with E-state index in [4.69, 9.17) is 11.6 Å². The van der Waals surface area contributed by atoms with E-state index >= 15 is 0 Å². The first kappa shape index (κ1) is 15.8. The molecule has 0 unspecified atom stereocenters. The highest BCUT2D eigenvalue weighted by atomic mass is 35.5. The van der Waals surface area contributed by atoms with Gasteiger partial charge in [-0.25, -0.2) is 9.78 Å². The molecule has 2 amide bonds. The molecule has 3 rings (SSSR count). The minimum absolute atomic E-state index is 0.0134. The van der Waals surface area contributed by atoms with Gasteiger partial charge in [0.25, 0.3) is 0 Å². The number of carbonyl (C=O) groups excluding carboxylic acids is 1. The van der Waals surface area contributed by atoms with Gasteiger partial charge in [-0.2, -0.15) is 5.10 Å². The molecule has 1 aliphatic rings. The number of rotatable bonds is 5. The molecule has 0 bridgehead atoms. The average Bonchev–Trinajstić information content (AvgIpc) is 2.95. The van der Waals surface area contributed by atoms with Crippen molar-refractivity contribution in [3.05, 3.63) is 47.5 Å². The summed E-state index contributed by atoms with van der Waals surface area (Å²) in [5, 5.41) is 10.7. The first-order valence-electron chi connectivity index (χ1n) is 7.75. The Morgan fingerprint density at radius 2 is 2.30 bits per heavy atom. The van der Waals surface area contributed by atoms with Gasteiger partial charge < -0.3 is 10.6 Å². The van der Waals surface area contributed by atoms with Gasteiger partial charge in [0.2, 0.25) is 0 Å². The molecule has 6 nitrogen and oxygen atoms in total. The third-order valence-electron chi connectivity index (χ3n) is 4.10. The molecular weight excluding hydrogens is 314 g/mol. The van der Waals surface area contributed by atoms with Crippen LogP contribution in [0.1, 0.15) is 31.2 Å². The molecule has 23 heavy (non-hydrogen) atoms. The maximum atomic E-state index is 12.0. The smallest absolute Gasteiger partial charge is 0.315 e. The van der Waals surface area contributed by atoms with E-state index in [1.807, 2.05) is 25.1 Å². The number of benzene rings is 1. The number of halogens is 1. The zero-order valence-electron chi connectivity index (χ0n) is 12.9. The second-order valence-electron chi connectivity index (χ2n) is 6.06. The Labute approximate surface area is 140 Å². The fourth-order valence-electron chi connectivity index (χ4n) is 2.87. The summed E-state index contributed by atoms with van der Waals surface area (Å²) < 4.78 is 1.70. The summed E-state index contributed by atoms with van der Waals surface area (Å²) in [6, 6.07) is 8.01. The van der Waals surface area contributed by atoms with Gasteiger partial charge in [-0.3, -0.25) is 4.68 Å². The van der Waals surface area contributed by atoms with E-state index in [9.17, 15) is 4.79 Å². The Kier molecular flexibility index (Phi) is 4.81. The highest BCUT2D eigenvalue weighted by Gasteiger charge is 2.31. The van der Waals surface area contributed by atoms with Gasteiger partial charge in [-0.05, 0) is 43.4 Å². The summed E-state index contributed by atoms with van der Waals surface area (Å²) in [6.45, 7) is 2.54. The topological polar surface area (TPSA) is 71.8 Å². The molecule has 1 atom stereocenters. The molecule has 1 aliphatic carbocycles. The van der Waals surface area contributed by atoms with Gasteiger partial charge in [0.15, 0.2) is 0 Å². The second-order valence-corrected chi connectivity index (χ2v) is 6.49. The van der Waals surface area contributed by atoms with Crippen LogP contribution in [0.4, 0.5) is 4.79 Å². The van der Waals surface area contributed by atoms with Crippen molar-refractivity contribution in [1.29, 1.82) is 0 Å².